The van der Waals surface area contributed by atoms with Crippen molar-refractivity contribution in [2.24, 2.45) is 17.4 Å². The third-order valence-electron chi connectivity index (χ3n) is 6.24. The summed E-state index contributed by atoms with van der Waals surface area (Å²) >= 11 is 0. The SMILES string of the molecule is C[C@@H]1[C@H](c2ccc(F)c(F)c2OCCCN)[C@@H](C(=O)Nc2ccnc(C(N)=O)c2)O[C@]1(C)C(F)(F)F. The highest BCUT2D eigenvalue weighted by molar-refractivity contribution is 5.97. The molecular weight excluding hydrogens is 491 g/mol. The molecule has 1 aliphatic rings. The van der Waals surface area contributed by atoms with Crippen LogP contribution in [0.15, 0.2) is 30.5 Å². The lowest BCUT2D eigenvalue weighted by atomic mass is 9.77. The number of ether oxygens (including phenoxy) is 2. The van der Waals surface area contributed by atoms with Crippen LogP contribution >= 0.6 is 0 Å². The molecule has 3 rings (SSSR count). The summed E-state index contributed by atoms with van der Waals surface area (Å²) < 4.78 is 81.7. The summed E-state index contributed by atoms with van der Waals surface area (Å²) in [5.74, 6) is -8.02. The van der Waals surface area contributed by atoms with Crippen molar-refractivity contribution in [3.8, 4) is 5.75 Å². The molecule has 0 radical (unpaired) electrons. The van der Waals surface area contributed by atoms with Crippen LogP contribution in [0, 0.1) is 17.6 Å². The van der Waals surface area contributed by atoms with Crippen molar-refractivity contribution in [1.82, 2.24) is 4.98 Å². The third kappa shape index (κ3) is 5.12. The summed E-state index contributed by atoms with van der Waals surface area (Å²) in [7, 11) is 0. The maximum absolute atomic E-state index is 14.7. The van der Waals surface area contributed by atoms with Crippen molar-refractivity contribution < 1.29 is 41.0 Å². The number of pyridine rings is 1. The fraction of sp³-hybridized carbons (Fsp3) is 0.435. The number of hydrogen-bond acceptors (Lipinski definition) is 6. The molecule has 0 spiro atoms. The predicted octanol–water partition coefficient (Wildman–Crippen LogP) is 3.26. The van der Waals surface area contributed by atoms with Gasteiger partial charge in [-0.1, -0.05) is 13.0 Å². The van der Waals surface area contributed by atoms with E-state index in [4.69, 9.17) is 20.9 Å². The van der Waals surface area contributed by atoms with Crippen LogP contribution in [0.3, 0.4) is 0 Å². The summed E-state index contributed by atoms with van der Waals surface area (Å²) in [5, 5.41) is 2.38. The molecule has 36 heavy (non-hydrogen) atoms. The molecule has 5 N–H and O–H groups in total. The summed E-state index contributed by atoms with van der Waals surface area (Å²) in [6, 6.07) is 4.24. The van der Waals surface area contributed by atoms with Crippen molar-refractivity contribution in [1.29, 1.82) is 0 Å². The molecule has 2 aromatic rings. The number of nitrogens with two attached hydrogens (primary N) is 2. The number of carbonyl (C=O) groups excluding carboxylic acids is 2. The Bertz CT molecular complexity index is 1150. The summed E-state index contributed by atoms with van der Waals surface area (Å²) in [6.07, 6.45) is -5.27. The Labute approximate surface area is 203 Å². The van der Waals surface area contributed by atoms with Gasteiger partial charge >= 0.3 is 6.18 Å². The maximum atomic E-state index is 14.7. The van der Waals surface area contributed by atoms with Crippen LogP contribution in [0.2, 0.25) is 0 Å². The van der Waals surface area contributed by atoms with Gasteiger partial charge in [-0.15, -0.1) is 0 Å². The lowest BCUT2D eigenvalue weighted by Gasteiger charge is -2.32. The Morgan fingerprint density at radius 1 is 1.25 bits per heavy atom. The second kappa shape index (κ2) is 10.3. The van der Waals surface area contributed by atoms with Crippen LogP contribution in [-0.2, 0) is 9.53 Å². The number of hydrogen-bond donors (Lipinski definition) is 3. The predicted molar refractivity (Wildman–Crippen MR) is 118 cm³/mol. The second-order valence-electron chi connectivity index (χ2n) is 8.51. The smallest absolute Gasteiger partial charge is 0.417 e. The van der Waals surface area contributed by atoms with Gasteiger partial charge < -0.3 is 26.3 Å². The number of amides is 2. The molecule has 1 fully saturated rings. The van der Waals surface area contributed by atoms with Crippen molar-refractivity contribution in [2.75, 3.05) is 18.5 Å². The molecule has 1 aliphatic heterocycles. The lowest BCUT2D eigenvalue weighted by Crippen LogP contribution is -2.47. The molecule has 0 saturated carbocycles. The van der Waals surface area contributed by atoms with Crippen molar-refractivity contribution in [3.05, 3.63) is 53.4 Å². The summed E-state index contributed by atoms with van der Waals surface area (Å²) in [4.78, 5) is 28.3. The minimum atomic E-state index is -4.91. The van der Waals surface area contributed by atoms with E-state index in [9.17, 15) is 31.5 Å². The van der Waals surface area contributed by atoms with Crippen molar-refractivity contribution in [2.45, 2.75) is 44.1 Å². The molecule has 1 saturated heterocycles. The number of carbonyl (C=O) groups is 2. The Morgan fingerprint density at radius 3 is 2.56 bits per heavy atom. The van der Waals surface area contributed by atoms with Gasteiger partial charge in [0, 0.05) is 29.3 Å². The van der Waals surface area contributed by atoms with E-state index >= 15 is 0 Å². The molecule has 2 amide bonds. The van der Waals surface area contributed by atoms with Gasteiger partial charge in [0.15, 0.2) is 17.2 Å². The first-order valence-electron chi connectivity index (χ1n) is 10.9. The molecule has 196 valence electrons. The minimum absolute atomic E-state index is 0.0177. The fourth-order valence-electron chi connectivity index (χ4n) is 4.09. The number of halogens is 5. The Morgan fingerprint density at radius 2 is 1.94 bits per heavy atom. The molecule has 2 heterocycles. The van der Waals surface area contributed by atoms with Gasteiger partial charge in [0.2, 0.25) is 5.82 Å². The number of anilines is 1. The lowest BCUT2D eigenvalue weighted by molar-refractivity contribution is -0.272. The monoisotopic (exact) mass is 516 g/mol. The first-order valence-corrected chi connectivity index (χ1v) is 10.9. The minimum Gasteiger partial charge on any atom is -0.490 e. The zero-order valence-electron chi connectivity index (χ0n) is 19.4. The molecule has 4 atom stereocenters. The first kappa shape index (κ1) is 27.3. The highest BCUT2D eigenvalue weighted by Crippen LogP contribution is 2.55. The van der Waals surface area contributed by atoms with Gasteiger partial charge in [0.25, 0.3) is 11.8 Å². The topological polar surface area (TPSA) is 130 Å². The largest absolute Gasteiger partial charge is 0.490 e. The standard InChI is InChI=1S/C23H25F5N4O4/c1-11-16(13-4-5-14(24)17(25)18(13)35-9-3-7-29)19(36-22(11,2)23(26,27)28)21(34)32-12-6-8-31-15(10-12)20(30)33/h4-6,8,10-11,16,19H,3,7,9,29H2,1-2H3,(H2,30,33)(H,31,32,34)/t11-,16-,19+,22+/m1/s1. The number of alkyl halides is 3. The number of benzene rings is 1. The van der Waals surface area contributed by atoms with E-state index in [1.54, 1.807) is 0 Å². The fourth-order valence-corrected chi connectivity index (χ4v) is 4.09. The average Bonchev–Trinajstić information content (AvgIpc) is 3.09. The van der Waals surface area contributed by atoms with Crippen LogP contribution in [-0.4, -0.2) is 47.8 Å². The zero-order chi connectivity index (χ0) is 26.8. The first-order chi connectivity index (χ1) is 16.8. The summed E-state index contributed by atoms with van der Waals surface area (Å²) in [5.41, 5.74) is 7.44. The molecule has 1 aromatic carbocycles. The van der Waals surface area contributed by atoms with E-state index in [0.29, 0.717) is 0 Å². The quantitative estimate of drug-likeness (QED) is 0.365. The Kier molecular flexibility index (Phi) is 7.84. The van der Waals surface area contributed by atoms with E-state index in [1.807, 2.05) is 0 Å². The van der Waals surface area contributed by atoms with Gasteiger partial charge in [0.1, 0.15) is 11.8 Å². The Hall–Kier alpha value is -3.32. The highest BCUT2D eigenvalue weighted by atomic mass is 19.4. The number of nitrogens with one attached hydrogen (secondary N) is 1. The molecule has 0 bridgehead atoms. The molecule has 0 aliphatic carbocycles. The van der Waals surface area contributed by atoms with Gasteiger partial charge in [0.05, 0.1) is 6.61 Å². The molecule has 13 heteroatoms. The van der Waals surface area contributed by atoms with E-state index in [0.717, 1.165) is 25.1 Å². The van der Waals surface area contributed by atoms with Gasteiger partial charge in [-0.05, 0) is 38.1 Å². The summed E-state index contributed by atoms with van der Waals surface area (Å²) in [6.45, 7) is 2.02. The van der Waals surface area contributed by atoms with Crippen LogP contribution < -0.4 is 21.5 Å². The van der Waals surface area contributed by atoms with Crippen LogP contribution in [0.25, 0.3) is 0 Å². The van der Waals surface area contributed by atoms with Crippen molar-refractivity contribution >= 4 is 17.5 Å². The highest BCUT2D eigenvalue weighted by Gasteiger charge is 2.65. The average molecular weight is 516 g/mol. The molecule has 8 nitrogen and oxygen atoms in total. The molecular formula is C23H25F5N4O4. The van der Waals surface area contributed by atoms with E-state index in [1.165, 1.54) is 19.2 Å². The number of nitrogens with zero attached hydrogens (tertiary/aromatic N) is 1. The van der Waals surface area contributed by atoms with Crippen LogP contribution in [0.5, 0.6) is 5.75 Å². The Balaban J connectivity index is 2.07. The van der Waals surface area contributed by atoms with Crippen LogP contribution in [0.1, 0.15) is 42.2 Å². The maximum Gasteiger partial charge on any atom is 0.417 e. The second-order valence-corrected chi connectivity index (χ2v) is 8.51. The van der Waals surface area contributed by atoms with Gasteiger partial charge in [-0.3, -0.25) is 14.6 Å². The molecule has 0 unspecified atom stereocenters. The van der Waals surface area contributed by atoms with E-state index in [-0.39, 0.29) is 36.5 Å². The third-order valence-corrected chi connectivity index (χ3v) is 6.24. The van der Waals surface area contributed by atoms with Gasteiger partial charge in [-0.2, -0.15) is 17.6 Å². The molecule has 1 aromatic heterocycles. The zero-order valence-corrected chi connectivity index (χ0v) is 19.4. The normalized spacial score (nSPS) is 23.9. The van der Waals surface area contributed by atoms with E-state index < -0.39 is 58.9 Å². The van der Waals surface area contributed by atoms with E-state index in [2.05, 4.69) is 10.3 Å². The van der Waals surface area contributed by atoms with Gasteiger partial charge in [-0.25, -0.2) is 4.39 Å². The number of primary amides is 1. The number of aromatic nitrogens is 1. The number of rotatable bonds is 8. The van der Waals surface area contributed by atoms with Crippen molar-refractivity contribution in [3.63, 3.8) is 0 Å². The van der Waals surface area contributed by atoms with Crippen LogP contribution in [0.4, 0.5) is 27.6 Å².